The van der Waals surface area contributed by atoms with Crippen LogP contribution < -0.4 is 10.1 Å². The molecule has 148 valence electrons. The zero-order valence-electron chi connectivity index (χ0n) is 16.0. The van der Waals surface area contributed by atoms with E-state index in [2.05, 4.69) is 10.3 Å². The number of thiazole rings is 1. The highest BCUT2D eigenvalue weighted by molar-refractivity contribution is 7.13. The van der Waals surface area contributed by atoms with Crippen LogP contribution in [0.2, 0.25) is 0 Å². The summed E-state index contributed by atoms with van der Waals surface area (Å²) in [6, 6.07) is 17.8. The van der Waals surface area contributed by atoms with Crippen molar-refractivity contribution in [1.82, 2.24) is 9.97 Å². The number of rotatable bonds is 5. The van der Waals surface area contributed by atoms with E-state index in [0.29, 0.717) is 17.0 Å². The Bertz CT molecular complexity index is 1210. The predicted molar refractivity (Wildman–Crippen MR) is 116 cm³/mol. The SMILES string of the molecule is CC(=O)Oc1cccc(C(=O)Nc2cccc(-c3csc(-c4ccncc4)n3)c2)c1. The van der Waals surface area contributed by atoms with E-state index in [9.17, 15) is 9.59 Å². The lowest BCUT2D eigenvalue weighted by molar-refractivity contribution is -0.131. The van der Waals surface area contributed by atoms with Gasteiger partial charge >= 0.3 is 5.97 Å². The lowest BCUT2D eigenvalue weighted by Gasteiger charge is -2.08. The average Bonchev–Trinajstić information content (AvgIpc) is 3.25. The number of carbonyl (C=O) groups excluding carboxylic acids is 2. The maximum absolute atomic E-state index is 12.6. The first-order chi connectivity index (χ1) is 14.6. The van der Waals surface area contributed by atoms with Crippen molar-refractivity contribution in [2.24, 2.45) is 0 Å². The molecule has 0 saturated heterocycles. The maximum atomic E-state index is 12.6. The molecular weight excluding hydrogens is 398 g/mol. The van der Waals surface area contributed by atoms with Crippen molar-refractivity contribution < 1.29 is 14.3 Å². The molecule has 0 bridgehead atoms. The molecule has 0 radical (unpaired) electrons. The first-order valence-electron chi connectivity index (χ1n) is 9.15. The molecule has 0 aliphatic heterocycles. The van der Waals surface area contributed by atoms with Gasteiger partial charge in [-0.1, -0.05) is 18.2 Å². The molecule has 1 N–H and O–H groups in total. The van der Waals surface area contributed by atoms with Gasteiger partial charge in [0.2, 0.25) is 0 Å². The van der Waals surface area contributed by atoms with E-state index in [1.807, 2.05) is 41.8 Å². The number of carbonyl (C=O) groups is 2. The Labute approximate surface area is 177 Å². The molecule has 30 heavy (non-hydrogen) atoms. The van der Waals surface area contributed by atoms with E-state index in [0.717, 1.165) is 21.8 Å². The maximum Gasteiger partial charge on any atom is 0.308 e. The number of nitrogens with one attached hydrogen (secondary N) is 1. The molecule has 4 aromatic rings. The zero-order valence-corrected chi connectivity index (χ0v) is 16.8. The first kappa shape index (κ1) is 19.5. The van der Waals surface area contributed by atoms with Gasteiger partial charge in [0.1, 0.15) is 10.8 Å². The minimum Gasteiger partial charge on any atom is -0.427 e. The number of anilines is 1. The largest absolute Gasteiger partial charge is 0.427 e. The van der Waals surface area contributed by atoms with Gasteiger partial charge in [0.15, 0.2) is 0 Å². The second-order valence-corrected chi connectivity index (χ2v) is 7.29. The van der Waals surface area contributed by atoms with Crippen LogP contribution in [-0.2, 0) is 4.79 Å². The summed E-state index contributed by atoms with van der Waals surface area (Å²) in [6.07, 6.45) is 3.48. The van der Waals surface area contributed by atoms with Gasteiger partial charge in [-0.25, -0.2) is 4.98 Å². The number of hydrogen-bond acceptors (Lipinski definition) is 6. The van der Waals surface area contributed by atoms with E-state index in [4.69, 9.17) is 9.72 Å². The van der Waals surface area contributed by atoms with Crippen molar-refractivity contribution >= 4 is 28.9 Å². The summed E-state index contributed by atoms with van der Waals surface area (Å²) in [4.78, 5) is 32.5. The Morgan fingerprint density at radius 2 is 1.77 bits per heavy atom. The van der Waals surface area contributed by atoms with Gasteiger partial charge in [-0.3, -0.25) is 14.6 Å². The first-order valence-corrected chi connectivity index (χ1v) is 10.0. The van der Waals surface area contributed by atoms with E-state index < -0.39 is 5.97 Å². The van der Waals surface area contributed by atoms with Crippen LogP contribution in [0, 0.1) is 0 Å². The van der Waals surface area contributed by atoms with Crippen LogP contribution >= 0.6 is 11.3 Å². The highest BCUT2D eigenvalue weighted by atomic mass is 32.1. The van der Waals surface area contributed by atoms with Crippen LogP contribution in [0.4, 0.5) is 5.69 Å². The van der Waals surface area contributed by atoms with Gasteiger partial charge < -0.3 is 10.1 Å². The normalized spacial score (nSPS) is 10.4. The van der Waals surface area contributed by atoms with E-state index in [1.165, 1.54) is 13.0 Å². The third kappa shape index (κ3) is 4.59. The van der Waals surface area contributed by atoms with Crippen LogP contribution in [0.3, 0.4) is 0 Å². The fourth-order valence-corrected chi connectivity index (χ4v) is 3.70. The number of esters is 1. The average molecular weight is 415 g/mol. The fraction of sp³-hybridized carbons (Fsp3) is 0.0435. The molecule has 0 aliphatic rings. The van der Waals surface area contributed by atoms with Gasteiger partial charge in [0.05, 0.1) is 5.69 Å². The smallest absolute Gasteiger partial charge is 0.308 e. The van der Waals surface area contributed by atoms with Gasteiger partial charge in [-0.15, -0.1) is 11.3 Å². The van der Waals surface area contributed by atoms with Crippen molar-refractivity contribution in [3.8, 4) is 27.6 Å². The van der Waals surface area contributed by atoms with Crippen LogP contribution in [-0.4, -0.2) is 21.8 Å². The molecule has 2 aromatic heterocycles. The Morgan fingerprint density at radius 3 is 2.57 bits per heavy atom. The third-order valence-electron chi connectivity index (χ3n) is 4.21. The molecule has 2 heterocycles. The summed E-state index contributed by atoms with van der Waals surface area (Å²) in [6.45, 7) is 1.32. The van der Waals surface area contributed by atoms with Gasteiger partial charge in [0.25, 0.3) is 5.91 Å². The number of nitrogens with zero attached hydrogens (tertiary/aromatic N) is 2. The van der Waals surface area contributed by atoms with Crippen molar-refractivity contribution in [2.75, 3.05) is 5.32 Å². The topological polar surface area (TPSA) is 81.2 Å². The van der Waals surface area contributed by atoms with Crippen LogP contribution in [0.15, 0.2) is 78.4 Å². The summed E-state index contributed by atoms with van der Waals surface area (Å²) in [5, 5.41) is 5.77. The minimum absolute atomic E-state index is 0.295. The van der Waals surface area contributed by atoms with Crippen LogP contribution in [0.25, 0.3) is 21.8 Å². The highest BCUT2D eigenvalue weighted by Crippen LogP contribution is 2.29. The Balaban J connectivity index is 1.52. The third-order valence-corrected chi connectivity index (χ3v) is 5.10. The minimum atomic E-state index is -0.436. The van der Waals surface area contributed by atoms with Crippen molar-refractivity contribution in [1.29, 1.82) is 0 Å². The van der Waals surface area contributed by atoms with Crippen molar-refractivity contribution in [3.63, 3.8) is 0 Å². The van der Waals surface area contributed by atoms with Gasteiger partial charge in [0, 0.05) is 47.1 Å². The predicted octanol–water partition coefficient (Wildman–Crippen LogP) is 5.05. The molecule has 0 aliphatic carbocycles. The van der Waals surface area contributed by atoms with Crippen LogP contribution in [0.1, 0.15) is 17.3 Å². The standard InChI is InChI=1S/C23H17N3O3S/c1-15(27)29-20-7-3-5-18(13-20)22(28)25-19-6-2-4-17(12-19)21-14-30-23(26-21)16-8-10-24-11-9-16/h2-14H,1H3,(H,25,28). The highest BCUT2D eigenvalue weighted by Gasteiger charge is 2.11. The Morgan fingerprint density at radius 1 is 0.967 bits per heavy atom. The van der Waals surface area contributed by atoms with E-state index >= 15 is 0 Å². The summed E-state index contributed by atoms with van der Waals surface area (Å²) < 4.78 is 5.04. The number of benzene rings is 2. The molecule has 0 saturated carbocycles. The molecule has 0 atom stereocenters. The molecule has 0 spiro atoms. The second-order valence-electron chi connectivity index (χ2n) is 6.43. The number of hydrogen-bond donors (Lipinski definition) is 1. The van der Waals surface area contributed by atoms with Gasteiger partial charge in [-0.05, 0) is 42.5 Å². The van der Waals surface area contributed by atoms with Crippen molar-refractivity contribution in [2.45, 2.75) is 6.92 Å². The summed E-state index contributed by atoms with van der Waals surface area (Å²) in [5.74, 6) is -0.401. The zero-order chi connectivity index (χ0) is 20.9. The quantitative estimate of drug-likeness (QED) is 0.364. The molecular formula is C23H17N3O3S. The number of aromatic nitrogens is 2. The molecule has 4 rings (SSSR count). The Hall–Kier alpha value is -3.84. The summed E-state index contributed by atoms with van der Waals surface area (Å²) in [5.41, 5.74) is 3.79. The molecule has 2 aromatic carbocycles. The fourth-order valence-electron chi connectivity index (χ4n) is 2.86. The number of pyridine rings is 1. The Kier molecular flexibility index (Phi) is 5.63. The second kappa shape index (κ2) is 8.67. The van der Waals surface area contributed by atoms with Gasteiger partial charge in [-0.2, -0.15) is 0 Å². The molecule has 1 amide bonds. The molecule has 0 unspecified atom stereocenters. The van der Waals surface area contributed by atoms with Crippen LogP contribution in [0.5, 0.6) is 5.75 Å². The lowest BCUT2D eigenvalue weighted by atomic mass is 10.1. The van der Waals surface area contributed by atoms with Crippen molar-refractivity contribution in [3.05, 3.63) is 84.0 Å². The number of ether oxygens (including phenoxy) is 1. The number of amides is 1. The van der Waals surface area contributed by atoms with E-state index in [-0.39, 0.29) is 5.91 Å². The molecule has 6 nitrogen and oxygen atoms in total. The summed E-state index contributed by atoms with van der Waals surface area (Å²) >= 11 is 1.55. The lowest BCUT2D eigenvalue weighted by Crippen LogP contribution is -2.12. The molecule has 0 fully saturated rings. The monoisotopic (exact) mass is 415 g/mol. The summed E-state index contributed by atoms with van der Waals surface area (Å²) in [7, 11) is 0. The molecule has 7 heteroatoms. The van der Waals surface area contributed by atoms with E-state index in [1.54, 1.807) is 41.9 Å².